The van der Waals surface area contributed by atoms with Crippen molar-refractivity contribution in [2.75, 3.05) is 20.8 Å². The molecule has 0 heterocycles. The Morgan fingerprint density at radius 2 is 1.77 bits per heavy atom. The summed E-state index contributed by atoms with van der Waals surface area (Å²) in [7, 11) is 2.85. The van der Waals surface area contributed by atoms with Gasteiger partial charge in [0.2, 0.25) is 11.5 Å². The second-order valence-electron chi connectivity index (χ2n) is 8.18. The maximum absolute atomic E-state index is 12.5. The van der Waals surface area contributed by atoms with E-state index in [0.717, 1.165) is 24.0 Å². The van der Waals surface area contributed by atoms with Crippen LogP contribution in [-0.2, 0) is 14.3 Å². The lowest BCUT2D eigenvalue weighted by Gasteiger charge is -2.33. The molecule has 1 aliphatic carbocycles. The Morgan fingerprint density at radius 3 is 2.33 bits per heavy atom. The van der Waals surface area contributed by atoms with Gasteiger partial charge in [0.25, 0.3) is 0 Å². The summed E-state index contributed by atoms with van der Waals surface area (Å²) in [6.45, 7) is 7.59. The van der Waals surface area contributed by atoms with Crippen molar-refractivity contribution in [1.82, 2.24) is 0 Å². The fraction of sp³-hybridized carbons (Fsp3) is 0.625. The number of hydrogen-bond donors (Lipinski definition) is 3. The molecule has 0 saturated carbocycles. The van der Waals surface area contributed by atoms with Crippen LogP contribution in [-0.4, -0.2) is 54.1 Å². The van der Waals surface area contributed by atoms with Gasteiger partial charge in [-0.15, -0.1) is 0 Å². The van der Waals surface area contributed by atoms with Crippen LogP contribution in [0, 0.1) is 11.8 Å². The summed E-state index contributed by atoms with van der Waals surface area (Å²) in [6, 6.07) is 0. The van der Waals surface area contributed by atoms with Crippen LogP contribution < -0.4 is 0 Å². The fourth-order valence-electron chi connectivity index (χ4n) is 3.71. The van der Waals surface area contributed by atoms with Gasteiger partial charge in [0, 0.05) is 11.8 Å². The van der Waals surface area contributed by atoms with Gasteiger partial charge in [0.1, 0.15) is 6.10 Å². The maximum atomic E-state index is 12.5. The Hall–Kier alpha value is -1.89. The average molecular weight is 423 g/mol. The summed E-state index contributed by atoms with van der Waals surface area (Å²) in [6.07, 6.45) is 7.24. The normalized spacial score (nSPS) is 24.9. The quantitative estimate of drug-likeness (QED) is 0.442. The molecule has 0 amide bonds. The molecule has 0 fully saturated rings. The molecule has 0 radical (unpaired) electrons. The molecule has 30 heavy (non-hydrogen) atoms. The summed E-state index contributed by atoms with van der Waals surface area (Å²) < 4.78 is 10.4. The molecule has 1 rings (SSSR count). The Kier molecular flexibility index (Phi) is 11.1. The first-order chi connectivity index (χ1) is 14.2. The minimum atomic E-state index is -0.874. The van der Waals surface area contributed by atoms with E-state index in [1.165, 1.54) is 19.8 Å². The molecule has 4 unspecified atom stereocenters. The molecule has 0 bridgehead atoms. The number of aliphatic hydroxyl groups is 3. The lowest BCUT2D eigenvalue weighted by Crippen LogP contribution is -2.40. The van der Waals surface area contributed by atoms with Crippen molar-refractivity contribution in [2.45, 2.75) is 65.6 Å². The van der Waals surface area contributed by atoms with Gasteiger partial charge in [-0.25, -0.2) is 0 Å². The van der Waals surface area contributed by atoms with Gasteiger partial charge in [-0.2, -0.15) is 0 Å². The van der Waals surface area contributed by atoms with Crippen LogP contribution in [0.4, 0.5) is 0 Å². The standard InChI is InChI=1S/C24H38O6/c1-15(8-7-9-16(2)12-19(26)13-17(3)14-25)10-11-20-18(4)21(27)23(29-5)24(30-6)22(20)28/h9-10,13,18-20,22,25-26,28H,7-8,11-12,14H2,1-6H3. The molecule has 6 heteroatoms. The molecule has 3 N–H and O–H groups in total. The van der Waals surface area contributed by atoms with E-state index in [2.05, 4.69) is 12.2 Å². The second kappa shape index (κ2) is 12.7. The van der Waals surface area contributed by atoms with E-state index in [9.17, 15) is 15.0 Å². The number of methoxy groups -OCH3 is 2. The van der Waals surface area contributed by atoms with Crippen LogP contribution in [0.5, 0.6) is 0 Å². The molecule has 0 spiro atoms. The van der Waals surface area contributed by atoms with Crippen molar-refractivity contribution in [3.05, 3.63) is 46.5 Å². The summed E-state index contributed by atoms with van der Waals surface area (Å²) in [5, 5.41) is 29.7. The molecule has 0 aromatic rings. The Balaban J connectivity index is 2.65. The van der Waals surface area contributed by atoms with E-state index in [1.807, 2.05) is 20.8 Å². The number of rotatable bonds is 11. The van der Waals surface area contributed by atoms with Crippen molar-refractivity contribution < 1.29 is 29.6 Å². The predicted molar refractivity (Wildman–Crippen MR) is 118 cm³/mol. The average Bonchev–Trinajstić information content (AvgIpc) is 2.69. The van der Waals surface area contributed by atoms with Crippen LogP contribution in [0.15, 0.2) is 46.5 Å². The third kappa shape index (κ3) is 7.42. The van der Waals surface area contributed by atoms with E-state index in [1.54, 1.807) is 13.0 Å². The number of aliphatic hydroxyl groups excluding tert-OH is 3. The zero-order chi connectivity index (χ0) is 22.8. The van der Waals surface area contributed by atoms with Crippen molar-refractivity contribution in [1.29, 1.82) is 0 Å². The summed E-state index contributed by atoms with van der Waals surface area (Å²) in [5.41, 5.74) is 3.04. The van der Waals surface area contributed by atoms with Crippen molar-refractivity contribution in [2.24, 2.45) is 11.8 Å². The Labute approximate surface area is 180 Å². The molecule has 0 aliphatic heterocycles. The first-order valence-corrected chi connectivity index (χ1v) is 10.5. The topological polar surface area (TPSA) is 96.2 Å². The highest BCUT2D eigenvalue weighted by Crippen LogP contribution is 2.35. The van der Waals surface area contributed by atoms with Crippen molar-refractivity contribution in [3.63, 3.8) is 0 Å². The monoisotopic (exact) mass is 422 g/mol. The van der Waals surface area contributed by atoms with Crippen molar-refractivity contribution in [3.8, 4) is 0 Å². The number of Topliss-reactive ketones (excluding diaryl/α,β-unsaturated/α-hetero) is 1. The molecule has 170 valence electrons. The van der Waals surface area contributed by atoms with Crippen LogP contribution in [0.2, 0.25) is 0 Å². The van der Waals surface area contributed by atoms with E-state index >= 15 is 0 Å². The second-order valence-corrected chi connectivity index (χ2v) is 8.18. The van der Waals surface area contributed by atoms with E-state index in [4.69, 9.17) is 14.6 Å². The number of ketones is 1. The summed E-state index contributed by atoms with van der Waals surface area (Å²) >= 11 is 0. The molecule has 1 aliphatic rings. The highest BCUT2D eigenvalue weighted by molar-refractivity contribution is 5.97. The summed E-state index contributed by atoms with van der Waals surface area (Å²) in [4.78, 5) is 12.5. The molecule has 0 aromatic heterocycles. The summed E-state index contributed by atoms with van der Waals surface area (Å²) in [5.74, 6) is -0.425. The fourth-order valence-corrected chi connectivity index (χ4v) is 3.71. The minimum absolute atomic E-state index is 0.0435. The lowest BCUT2D eigenvalue weighted by molar-refractivity contribution is -0.128. The zero-order valence-corrected chi connectivity index (χ0v) is 19.1. The minimum Gasteiger partial charge on any atom is -0.494 e. The maximum Gasteiger partial charge on any atom is 0.204 e. The third-order valence-corrected chi connectivity index (χ3v) is 5.63. The van der Waals surface area contributed by atoms with Crippen LogP contribution in [0.1, 0.15) is 53.4 Å². The number of ether oxygens (including phenoxy) is 2. The molecule has 0 aromatic carbocycles. The van der Waals surface area contributed by atoms with Gasteiger partial charge >= 0.3 is 0 Å². The SMILES string of the molecule is COC1=C(OC)C(O)C(CC=C(C)CCC=C(C)CC(O)C=C(C)CO)C(C)C1=O. The van der Waals surface area contributed by atoms with Crippen molar-refractivity contribution >= 4 is 5.78 Å². The van der Waals surface area contributed by atoms with Gasteiger partial charge in [-0.3, -0.25) is 4.79 Å². The zero-order valence-electron chi connectivity index (χ0n) is 19.1. The van der Waals surface area contributed by atoms with E-state index in [0.29, 0.717) is 12.8 Å². The Bertz CT molecular complexity index is 700. The van der Waals surface area contributed by atoms with Gasteiger partial charge < -0.3 is 24.8 Å². The molecule has 6 nitrogen and oxygen atoms in total. The highest BCUT2D eigenvalue weighted by atomic mass is 16.5. The van der Waals surface area contributed by atoms with Gasteiger partial charge in [-0.05, 0) is 52.0 Å². The number of carbonyl (C=O) groups excluding carboxylic acids is 1. The third-order valence-electron chi connectivity index (χ3n) is 5.63. The van der Waals surface area contributed by atoms with Gasteiger partial charge in [0.05, 0.1) is 26.9 Å². The smallest absolute Gasteiger partial charge is 0.204 e. The molecular weight excluding hydrogens is 384 g/mol. The predicted octanol–water partition coefficient (Wildman–Crippen LogP) is 3.44. The van der Waals surface area contributed by atoms with Crippen LogP contribution in [0.3, 0.4) is 0 Å². The number of carbonyl (C=O) groups is 1. The van der Waals surface area contributed by atoms with Gasteiger partial charge in [-0.1, -0.05) is 36.3 Å². The van der Waals surface area contributed by atoms with Crippen LogP contribution >= 0.6 is 0 Å². The number of hydrogen-bond acceptors (Lipinski definition) is 6. The molecule has 4 atom stereocenters. The largest absolute Gasteiger partial charge is 0.494 e. The highest BCUT2D eigenvalue weighted by Gasteiger charge is 2.42. The van der Waals surface area contributed by atoms with E-state index in [-0.39, 0.29) is 35.7 Å². The van der Waals surface area contributed by atoms with Gasteiger partial charge in [0.15, 0.2) is 5.76 Å². The first-order valence-electron chi connectivity index (χ1n) is 10.5. The molecular formula is C24H38O6. The van der Waals surface area contributed by atoms with Crippen LogP contribution in [0.25, 0.3) is 0 Å². The number of allylic oxidation sites excluding steroid dienone is 4. The first kappa shape index (κ1) is 26.1. The molecule has 0 saturated heterocycles. The lowest BCUT2D eigenvalue weighted by atomic mass is 9.77. The van der Waals surface area contributed by atoms with E-state index < -0.39 is 12.2 Å². The Morgan fingerprint density at radius 1 is 1.10 bits per heavy atom.